The summed E-state index contributed by atoms with van der Waals surface area (Å²) >= 11 is 0. The Bertz CT molecular complexity index is 1530. The topological polar surface area (TPSA) is 94.0 Å². The minimum absolute atomic E-state index is 0.847. The van der Waals surface area contributed by atoms with Crippen molar-refractivity contribution in [3.63, 3.8) is 0 Å². The summed E-state index contributed by atoms with van der Waals surface area (Å²) in [7, 11) is 0. The molecular formula is C26H19F3N4O3. The van der Waals surface area contributed by atoms with Gasteiger partial charge in [0.2, 0.25) is 0 Å². The Kier molecular flexibility index (Phi) is 6.01. The van der Waals surface area contributed by atoms with Crippen LogP contribution in [-0.4, -0.2) is 37.0 Å². The number of aryl methyl sites for hydroxylation is 1. The van der Waals surface area contributed by atoms with Gasteiger partial charge in [-0.3, -0.25) is 14.6 Å². The standard InChI is InChI=1S/C24H18N4O.C2HF3O2/c1-2-11-25-19(5-1)24-23(21-6-3-13-28(21)27-24)18-10-12-26-20-15-16(8-9-17(18)20)22-7-4-14-29-22;3-2(4,5)1(6)7/h1-2,4-5,7-12,14-15H,3,6,13H2;(H,6,7). The van der Waals surface area contributed by atoms with Crippen molar-refractivity contribution in [2.45, 2.75) is 25.6 Å². The van der Waals surface area contributed by atoms with Crippen molar-refractivity contribution >= 4 is 16.9 Å². The third-order valence-electron chi connectivity index (χ3n) is 5.81. The van der Waals surface area contributed by atoms with Crippen LogP contribution in [-0.2, 0) is 17.8 Å². The van der Waals surface area contributed by atoms with E-state index in [9.17, 15) is 13.2 Å². The van der Waals surface area contributed by atoms with Gasteiger partial charge in [-0.1, -0.05) is 18.2 Å². The van der Waals surface area contributed by atoms with Crippen LogP contribution < -0.4 is 0 Å². The number of rotatable bonds is 3. The van der Waals surface area contributed by atoms with Crippen LogP contribution in [0.4, 0.5) is 13.2 Å². The molecule has 0 saturated carbocycles. The van der Waals surface area contributed by atoms with Crippen molar-refractivity contribution in [3.8, 4) is 33.8 Å². The maximum atomic E-state index is 10.6. The fourth-order valence-electron chi connectivity index (χ4n) is 4.26. The summed E-state index contributed by atoms with van der Waals surface area (Å²) in [5.41, 5.74) is 7.44. The predicted octanol–water partition coefficient (Wildman–Crippen LogP) is 6.00. The van der Waals surface area contributed by atoms with Gasteiger partial charge in [-0.15, -0.1) is 0 Å². The van der Waals surface area contributed by atoms with E-state index < -0.39 is 12.1 Å². The number of carboxylic acids is 1. The second-order valence-corrected chi connectivity index (χ2v) is 8.08. The average molecular weight is 492 g/mol. The fourth-order valence-corrected chi connectivity index (χ4v) is 4.26. The number of aliphatic carboxylic acids is 1. The highest BCUT2D eigenvalue weighted by Crippen LogP contribution is 2.40. The second kappa shape index (κ2) is 9.29. The SMILES string of the molecule is O=C(O)C(F)(F)F.c1ccc(-c2nn3c(c2-c2ccnc4cc(-c5ccco5)ccc24)CCC3)nc1. The molecule has 4 aromatic heterocycles. The van der Waals surface area contributed by atoms with E-state index in [2.05, 4.69) is 38.9 Å². The number of hydrogen-bond donors (Lipinski definition) is 1. The number of aromatic nitrogens is 4. The normalized spacial score (nSPS) is 12.8. The molecule has 6 rings (SSSR count). The third kappa shape index (κ3) is 4.45. The lowest BCUT2D eigenvalue weighted by atomic mass is 9.96. The van der Waals surface area contributed by atoms with Crippen molar-refractivity contribution in [3.05, 3.63) is 78.9 Å². The van der Waals surface area contributed by atoms with Gasteiger partial charge in [0.05, 0.1) is 17.5 Å². The van der Waals surface area contributed by atoms with Crippen LogP contribution in [0.2, 0.25) is 0 Å². The monoisotopic (exact) mass is 492 g/mol. The van der Waals surface area contributed by atoms with Crippen molar-refractivity contribution in [1.29, 1.82) is 0 Å². The summed E-state index contributed by atoms with van der Waals surface area (Å²) in [5, 5.41) is 13.2. The average Bonchev–Trinajstić information content (AvgIpc) is 3.62. The van der Waals surface area contributed by atoms with E-state index in [0.29, 0.717) is 0 Å². The highest BCUT2D eigenvalue weighted by atomic mass is 19.4. The molecule has 1 aliphatic heterocycles. The Morgan fingerprint density at radius 3 is 2.56 bits per heavy atom. The lowest BCUT2D eigenvalue weighted by molar-refractivity contribution is -0.192. The quantitative estimate of drug-likeness (QED) is 0.332. The maximum Gasteiger partial charge on any atom is 0.490 e. The van der Waals surface area contributed by atoms with Crippen LogP contribution in [0.25, 0.3) is 44.7 Å². The van der Waals surface area contributed by atoms with Crippen molar-refractivity contribution in [1.82, 2.24) is 19.7 Å². The molecule has 0 spiro atoms. The number of pyridine rings is 2. The number of furan rings is 1. The molecule has 5 aromatic rings. The van der Waals surface area contributed by atoms with Crippen LogP contribution in [0.15, 0.2) is 77.7 Å². The van der Waals surface area contributed by atoms with Crippen LogP contribution in [0, 0.1) is 0 Å². The van der Waals surface area contributed by atoms with Gasteiger partial charge in [0.15, 0.2) is 0 Å². The maximum absolute atomic E-state index is 10.6. The van der Waals surface area contributed by atoms with E-state index in [4.69, 9.17) is 19.4 Å². The van der Waals surface area contributed by atoms with Crippen molar-refractivity contribution in [2.75, 3.05) is 0 Å². The molecule has 1 N–H and O–H groups in total. The Morgan fingerprint density at radius 1 is 1.03 bits per heavy atom. The highest BCUT2D eigenvalue weighted by Gasteiger charge is 2.38. The number of carbonyl (C=O) groups is 1. The minimum Gasteiger partial charge on any atom is -0.475 e. The van der Waals surface area contributed by atoms with Crippen molar-refractivity contribution < 1.29 is 27.5 Å². The first kappa shape index (κ1) is 23.3. The number of benzene rings is 1. The molecule has 0 atom stereocenters. The zero-order valence-electron chi connectivity index (χ0n) is 18.7. The molecule has 36 heavy (non-hydrogen) atoms. The van der Waals surface area contributed by atoms with E-state index in [-0.39, 0.29) is 0 Å². The molecule has 1 aromatic carbocycles. The molecule has 0 aliphatic carbocycles. The van der Waals surface area contributed by atoms with E-state index in [1.54, 1.807) is 6.26 Å². The Hall–Kier alpha value is -4.47. The molecule has 0 radical (unpaired) electrons. The molecule has 182 valence electrons. The Morgan fingerprint density at radius 2 is 1.86 bits per heavy atom. The molecule has 5 heterocycles. The summed E-state index contributed by atoms with van der Waals surface area (Å²) < 4.78 is 39.4. The van der Waals surface area contributed by atoms with Gasteiger partial charge in [-0.2, -0.15) is 18.3 Å². The van der Waals surface area contributed by atoms with Gasteiger partial charge in [0.25, 0.3) is 0 Å². The zero-order valence-corrected chi connectivity index (χ0v) is 18.7. The number of halogens is 3. The molecular weight excluding hydrogens is 473 g/mol. The summed E-state index contributed by atoms with van der Waals surface area (Å²) in [6.07, 6.45) is 2.47. The third-order valence-corrected chi connectivity index (χ3v) is 5.81. The van der Waals surface area contributed by atoms with Crippen molar-refractivity contribution in [2.24, 2.45) is 0 Å². The number of hydrogen-bond acceptors (Lipinski definition) is 5. The Labute approximate surface area is 202 Å². The van der Waals surface area contributed by atoms with E-state index in [0.717, 1.165) is 58.6 Å². The largest absolute Gasteiger partial charge is 0.490 e. The lowest BCUT2D eigenvalue weighted by Crippen LogP contribution is -2.21. The predicted molar refractivity (Wildman–Crippen MR) is 126 cm³/mol. The number of alkyl halides is 3. The second-order valence-electron chi connectivity index (χ2n) is 8.08. The fraction of sp³-hybridized carbons (Fsp3) is 0.154. The molecule has 0 fully saturated rings. The number of nitrogens with zero attached hydrogens (tertiary/aromatic N) is 4. The summed E-state index contributed by atoms with van der Waals surface area (Å²) in [4.78, 5) is 18.1. The van der Waals surface area contributed by atoms with E-state index in [1.807, 2.05) is 42.7 Å². The van der Waals surface area contributed by atoms with E-state index >= 15 is 0 Å². The van der Waals surface area contributed by atoms with Crippen LogP contribution in [0.1, 0.15) is 12.1 Å². The first-order valence-corrected chi connectivity index (χ1v) is 11.1. The molecule has 0 amide bonds. The summed E-state index contributed by atoms with van der Waals surface area (Å²) in [6.45, 7) is 0.959. The molecule has 0 unspecified atom stereocenters. The Balaban J connectivity index is 0.000000338. The molecule has 7 nitrogen and oxygen atoms in total. The van der Waals surface area contributed by atoms with E-state index in [1.165, 1.54) is 11.3 Å². The molecule has 0 saturated heterocycles. The zero-order chi connectivity index (χ0) is 25.3. The lowest BCUT2D eigenvalue weighted by Gasteiger charge is -2.09. The van der Waals surface area contributed by atoms with Crippen LogP contribution in [0.5, 0.6) is 0 Å². The number of carboxylic acid groups (broad SMARTS) is 1. The van der Waals surface area contributed by atoms with Crippen LogP contribution >= 0.6 is 0 Å². The molecule has 10 heteroatoms. The van der Waals surface area contributed by atoms with Gasteiger partial charge in [-0.25, -0.2) is 4.79 Å². The van der Waals surface area contributed by atoms with Gasteiger partial charge in [0, 0.05) is 41.1 Å². The molecule has 0 bridgehead atoms. The first-order valence-electron chi connectivity index (χ1n) is 11.1. The summed E-state index contributed by atoms with van der Waals surface area (Å²) in [5.74, 6) is -1.91. The number of fused-ring (bicyclic) bond motifs is 2. The van der Waals surface area contributed by atoms with Gasteiger partial charge >= 0.3 is 12.1 Å². The molecule has 1 aliphatic rings. The summed E-state index contributed by atoms with van der Waals surface area (Å²) in [6, 6.07) is 18.3. The van der Waals surface area contributed by atoms with Gasteiger partial charge in [0.1, 0.15) is 11.5 Å². The van der Waals surface area contributed by atoms with Crippen LogP contribution in [0.3, 0.4) is 0 Å². The van der Waals surface area contributed by atoms with Gasteiger partial charge in [-0.05, 0) is 54.8 Å². The smallest absolute Gasteiger partial charge is 0.475 e. The highest BCUT2D eigenvalue weighted by molar-refractivity contribution is 5.99. The first-order chi connectivity index (χ1) is 17.3. The van der Waals surface area contributed by atoms with Gasteiger partial charge < -0.3 is 9.52 Å². The minimum atomic E-state index is -5.08.